The van der Waals surface area contributed by atoms with Crippen molar-refractivity contribution in [3.05, 3.63) is 83.4 Å². The first-order valence-corrected chi connectivity index (χ1v) is 13.4. The van der Waals surface area contributed by atoms with Gasteiger partial charge in [0.05, 0.1) is 31.0 Å². The number of nitrogens with one attached hydrogen (secondary N) is 1. The molecule has 1 unspecified atom stereocenters. The number of methoxy groups -OCH3 is 2. The third kappa shape index (κ3) is 7.40. The molecule has 2 N–H and O–H groups in total. The van der Waals surface area contributed by atoms with Gasteiger partial charge in [0.25, 0.3) is 0 Å². The minimum absolute atomic E-state index is 0.0340. The molecule has 1 atom stereocenters. The van der Waals surface area contributed by atoms with Gasteiger partial charge in [-0.15, -0.1) is 0 Å². The number of aliphatic imine (C=N–C) groups is 1. The number of anilines is 1. The maximum Gasteiger partial charge on any atom is 0.416 e. The molecule has 3 aromatic rings. The molecule has 1 aliphatic heterocycles. The van der Waals surface area contributed by atoms with Crippen LogP contribution in [0.4, 0.5) is 24.5 Å². The van der Waals surface area contributed by atoms with E-state index in [0.717, 1.165) is 29.5 Å². The molecule has 0 aliphatic carbocycles. The number of carbonyl (C=O) groups is 3. The SMILES string of the molecule is COc1ccc(CCN2C(=O)CC(C(=O)Nc3cccc(C(=O)O)c3)SC2=Nc2cccc(C(F)(F)F)c2)cc1OC. The number of carboxylic acid groups (broad SMARTS) is 1. The highest BCUT2D eigenvalue weighted by Crippen LogP contribution is 2.34. The van der Waals surface area contributed by atoms with E-state index in [9.17, 15) is 32.7 Å². The van der Waals surface area contributed by atoms with Crippen molar-refractivity contribution in [1.29, 1.82) is 0 Å². The molecule has 0 radical (unpaired) electrons. The summed E-state index contributed by atoms with van der Waals surface area (Å²) >= 11 is 0.939. The van der Waals surface area contributed by atoms with Crippen LogP contribution in [0.1, 0.15) is 27.9 Å². The minimum atomic E-state index is -4.59. The monoisotopic (exact) mass is 601 g/mol. The number of alkyl halides is 3. The number of thioether (sulfide) groups is 1. The van der Waals surface area contributed by atoms with Gasteiger partial charge in [-0.05, 0) is 60.5 Å². The van der Waals surface area contributed by atoms with Gasteiger partial charge < -0.3 is 19.9 Å². The molecule has 9 nitrogen and oxygen atoms in total. The van der Waals surface area contributed by atoms with Crippen molar-refractivity contribution in [2.45, 2.75) is 24.3 Å². The van der Waals surface area contributed by atoms with Gasteiger partial charge in [-0.1, -0.05) is 30.0 Å². The molecule has 3 aromatic carbocycles. The molecular weight excluding hydrogens is 575 g/mol. The number of ether oxygens (including phenoxy) is 2. The number of aromatic carboxylic acids is 1. The summed E-state index contributed by atoms with van der Waals surface area (Å²) in [5.74, 6) is -1.17. The predicted molar refractivity (Wildman–Crippen MR) is 152 cm³/mol. The smallest absolute Gasteiger partial charge is 0.416 e. The zero-order valence-electron chi connectivity index (χ0n) is 22.5. The van der Waals surface area contributed by atoms with Crippen molar-refractivity contribution in [3.8, 4) is 11.5 Å². The Labute approximate surface area is 243 Å². The molecule has 220 valence electrons. The molecule has 4 rings (SSSR count). The molecule has 0 saturated carbocycles. The predicted octanol–water partition coefficient (Wildman–Crippen LogP) is 5.62. The van der Waals surface area contributed by atoms with Crippen LogP contribution in [0.2, 0.25) is 0 Å². The molecule has 1 aliphatic rings. The fraction of sp³-hybridized carbons (Fsp3) is 0.241. The maximum absolute atomic E-state index is 13.3. The standard InChI is InChI=1S/C29H26F3N3O6S/c1-40-22-10-9-17(13-23(22)41-2)11-12-35-25(36)16-24(26(37)33-20-7-3-5-18(14-20)27(38)39)42-28(35)34-21-8-4-6-19(15-21)29(30,31)32/h3-10,13-15,24H,11-12,16H2,1-2H3,(H,33,37)(H,38,39). The molecule has 42 heavy (non-hydrogen) atoms. The largest absolute Gasteiger partial charge is 0.493 e. The van der Waals surface area contributed by atoms with E-state index in [1.54, 1.807) is 18.2 Å². The third-order valence-electron chi connectivity index (χ3n) is 6.28. The number of carboxylic acids is 1. The molecule has 13 heteroatoms. The maximum atomic E-state index is 13.3. The average Bonchev–Trinajstić information content (AvgIpc) is 2.96. The van der Waals surface area contributed by atoms with E-state index in [1.807, 2.05) is 0 Å². The lowest BCUT2D eigenvalue weighted by atomic mass is 10.1. The fourth-order valence-electron chi connectivity index (χ4n) is 4.15. The number of halogens is 3. The lowest BCUT2D eigenvalue weighted by molar-refractivity contribution is -0.137. The first kappa shape index (κ1) is 30.4. The van der Waals surface area contributed by atoms with E-state index in [1.165, 1.54) is 55.5 Å². The van der Waals surface area contributed by atoms with Crippen molar-refractivity contribution >= 4 is 46.1 Å². The number of hydrogen-bond donors (Lipinski definition) is 2. The van der Waals surface area contributed by atoms with Gasteiger partial charge in [0, 0.05) is 18.7 Å². The third-order valence-corrected chi connectivity index (χ3v) is 7.47. The van der Waals surface area contributed by atoms with Gasteiger partial charge in [0.1, 0.15) is 5.25 Å². The van der Waals surface area contributed by atoms with Crippen LogP contribution in [0.5, 0.6) is 11.5 Å². The van der Waals surface area contributed by atoms with E-state index in [2.05, 4.69) is 10.3 Å². The minimum Gasteiger partial charge on any atom is -0.493 e. The van der Waals surface area contributed by atoms with E-state index in [0.29, 0.717) is 17.9 Å². The number of benzene rings is 3. The topological polar surface area (TPSA) is 118 Å². The van der Waals surface area contributed by atoms with E-state index in [4.69, 9.17) is 9.47 Å². The zero-order chi connectivity index (χ0) is 30.4. The Morgan fingerprint density at radius 3 is 2.48 bits per heavy atom. The second kappa shape index (κ2) is 13.0. The van der Waals surface area contributed by atoms with Gasteiger partial charge in [0.2, 0.25) is 11.8 Å². The van der Waals surface area contributed by atoms with Crippen LogP contribution in [0, 0.1) is 0 Å². The number of hydrogen-bond acceptors (Lipinski definition) is 7. The highest BCUT2D eigenvalue weighted by atomic mass is 32.2. The number of amides is 2. The number of amidine groups is 1. The lowest BCUT2D eigenvalue weighted by Gasteiger charge is -2.32. The average molecular weight is 602 g/mol. The first-order chi connectivity index (χ1) is 20.0. The van der Waals surface area contributed by atoms with E-state index < -0.39 is 34.8 Å². The molecule has 0 spiro atoms. The van der Waals surface area contributed by atoms with Crippen LogP contribution in [-0.4, -0.2) is 59.0 Å². The summed E-state index contributed by atoms with van der Waals surface area (Å²) < 4.78 is 50.6. The van der Waals surface area contributed by atoms with Gasteiger partial charge in [-0.3, -0.25) is 14.5 Å². The van der Waals surface area contributed by atoms with Crippen molar-refractivity contribution in [1.82, 2.24) is 4.90 Å². The summed E-state index contributed by atoms with van der Waals surface area (Å²) in [4.78, 5) is 43.4. The Morgan fingerprint density at radius 1 is 1.05 bits per heavy atom. The van der Waals surface area contributed by atoms with Gasteiger partial charge >= 0.3 is 12.1 Å². The van der Waals surface area contributed by atoms with Crippen LogP contribution in [0.3, 0.4) is 0 Å². The fourth-order valence-corrected chi connectivity index (χ4v) is 5.28. The second-order valence-corrected chi connectivity index (χ2v) is 10.3. The normalized spacial score (nSPS) is 16.3. The second-order valence-electron chi connectivity index (χ2n) is 9.11. The number of carbonyl (C=O) groups excluding carboxylic acids is 2. The quantitative estimate of drug-likeness (QED) is 0.327. The molecular formula is C29H26F3N3O6S. The Balaban J connectivity index is 1.61. The van der Waals surface area contributed by atoms with Crippen molar-refractivity contribution < 1.29 is 42.1 Å². The summed E-state index contributed by atoms with van der Waals surface area (Å²) in [5.41, 5.74) is 0.0583. The van der Waals surface area contributed by atoms with Crippen molar-refractivity contribution in [3.63, 3.8) is 0 Å². The molecule has 0 bridgehead atoms. The number of nitrogens with zero attached hydrogens (tertiary/aromatic N) is 2. The Kier molecular flexibility index (Phi) is 9.41. The zero-order valence-corrected chi connectivity index (χ0v) is 23.3. The van der Waals surface area contributed by atoms with Gasteiger partial charge in [0.15, 0.2) is 16.7 Å². The van der Waals surface area contributed by atoms with Crippen LogP contribution in [0.15, 0.2) is 71.7 Å². The lowest BCUT2D eigenvalue weighted by Crippen LogP contribution is -2.46. The first-order valence-electron chi connectivity index (χ1n) is 12.6. The van der Waals surface area contributed by atoms with E-state index in [-0.39, 0.29) is 35.1 Å². The Morgan fingerprint density at radius 2 is 1.79 bits per heavy atom. The van der Waals surface area contributed by atoms with Crippen LogP contribution in [0.25, 0.3) is 0 Å². The van der Waals surface area contributed by atoms with Crippen molar-refractivity contribution in [2.24, 2.45) is 4.99 Å². The van der Waals surface area contributed by atoms with Gasteiger partial charge in [-0.2, -0.15) is 13.2 Å². The summed E-state index contributed by atoms with van der Waals surface area (Å²) in [6.45, 7) is 0.133. The highest BCUT2D eigenvalue weighted by Gasteiger charge is 2.36. The highest BCUT2D eigenvalue weighted by molar-refractivity contribution is 8.15. The summed E-state index contributed by atoms with van der Waals surface area (Å²) in [6.07, 6.45) is -4.44. The van der Waals surface area contributed by atoms with Crippen molar-refractivity contribution in [2.75, 3.05) is 26.1 Å². The Hall–Kier alpha value is -4.52. The summed E-state index contributed by atoms with van der Waals surface area (Å²) in [6, 6.07) is 15.3. The van der Waals surface area contributed by atoms with Crippen LogP contribution >= 0.6 is 11.8 Å². The molecule has 0 aromatic heterocycles. The molecule has 1 fully saturated rings. The Bertz CT molecular complexity index is 1530. The molecule has 1 saturated heterocycles. The molecule has 1 heterocycles. The van der Waals surface area contributed by atoms with E-state index >= 15 is 0 Å². The van der Waals surface area contributed by atoms with Gasteiger partial charge in [-0.25, -0.2) is 9.79 Å². The van der Waals surface area contributed by atoms with Crippen LogP contribution in [-0.2, 0) is 22.2 Å². The van der Waals surface area contributed by atoms with Crippen LogP contribution < -0.4 is 14.8 Å². The molecule has 2 amide bonds. The summed E-state index contributed by atoms with van der Waals surface area (Å²) in [7, 11) is 3.00. The summed E-state index contributed by atoms with van der Waals surface area (Å²) in [5, 5.41) is 10.9. The number of rotatable bonds is 9.